The fraction of sp³-hybridized carbons (Fsp3) is 0.500. The number of nitrogens with one attached hydrogen (secondary N) is 4. The van der Waals surface area contributed by atoms with E-state index in [0.717, 1.165) is 0 Å². The van der Waals surface area contributed by atoms with Gasteiger partial charge in [-0.25, -0.2) is 0 Å². The van der Waals surface area contributed by atoms with Crippen LogP contribution in [0.25, 0.3) is 0 Å². The van der Waals surface area contributed by atoms with Crippen molar-refractivity contribution in [3.8, 4) is 0 Å². The van der Waals surface area contributed by atoms with Crippen LogP contribution >= 0.6 is 47.1 Å². The van der Waals surface area contributed by atoms with E-state index in [9.17, 15) is 29.4 Å². The van der Waals surface area contributed by atoms with Gasteiger partial charge >= 0.3 is 21.1 Å². The van der Waals surface area contributed by atoms with Gasteiger partial charge in [-0.3, -0.25) is 9.59 Å². The molecule has 0 aliphatic heterocycles. The second kappa shape index (κ2) is 31.3. The molecule has 0 spiro atoms. The van der Waals surface area contributed by atoms with Gasteiger partial charge in [-0.05, 0) is 47.1 Å². The topological polar surface area (TPSA) is 215 Å². The molecule has 0 saturated heterocycles. The van der Waals surface area contributed by atoms with E-state index in [0.29, 0.717) is 0 Å². The SMILES string of the molecule is ClNCl.ClNCl.NCC(=O)NCC(=O)[O-].NCC(=O)NCC(=O)[O-].[Pt+2]. The molecular formula is C8H16Cl4N6O6Pt. The minimum absolute atomic E-state index is 0. The fourth-order valence-electron chi connectivity index (χ4n) is 0.486. The molecular weight excluding hydrogens is 613 g/mol. The van der Waals surface area contributed by atoms with E-state index in [1.165, 1.54) is 0 Å². The molecule has 0 radical (unpaired) electrons. The van der Waals surface area contributed by atoms with Gasteiger partial charge in [-0.15, -0.1) is 8.71 Å². The zero-order chi connectivity index (χ0) is 20.0. The Balaban J connectivity index is -0.0000000788. The van der Waals surface area contributed by atoms with Gasteiger partial charge in [0.25, 0.3) is 0 Å². The second-order valence-corrected chi connectivity index (χ2v) is 3.99. The number of nitrogens with two attached hydrogens (primary N) is 2. The Morgan fingerprint density at radius 3 is 1.04 bits per heavy atom. The Labute approximate surface area is 177 Å². The van der Waals surface area contributed by atoms with Gasteiger partial charge in [0, 0.05) is 0 Å². The summed E-state index contributed by atoms with van der Waals surface area (Å²) in [4.78, 5) is 39.7. The molecule has 8 N–H and O–H groups in total. The second-order valence-electron chi connectivity index (χ2n) is 2.85. The van der Waals surface area contributed by atoms with Crippen molar-refractivity contribution in [3.63, 3.8) is 0 Å². The first-order valence-electron chi connectivity index (χ1n) is 5.42. The molecule has 0 atom stereocenters. The van der Waals surface area contributed by atoms with Crippen molar-refractivity contribution in [3.05, 3.63) is 0 Å². The number of carbonyl (C=O) groups is 4. The number of hydrogen-bond acceptors (Lipinski definition) is 10. The number of hydrogen-bond donors (Lipinski definition) is 6. The minimum atomic E-state index is -1.32. The summed E-state index contributed by atoms with van der Waals surface area (Å²) >= 11 is 18.1. The minimum Gasteiger partial charge on any atom is -0.548 e. The molecule has 0 saturated carbocycles. The molecule has 12 nitrogen and oxygen atoms in total. The van der Waals surface area contributed by atoms with Crippen LogP contribution in [0, 0.1) is 0 Å². The van der Waals surface area contributed by atoms with Crippen LogP contribution in [0.1, 0.15) is 0 Å². The molecule has 0 rings (SSSR count). The molecule has 0 aromatic carbocycles. The third-order valence-corrected chi connectivity index (χ3v) is 1.23. The Kier molecular flexibility index (Phi) is 44.7. The summed E-state index contributed by atoms with van der Waals surface area (Å²) in [5.41, 5.74) is 9.67. The smallest absolute Gasteiger partial charge is 0.548 e. The van der Waals surface area contributed by atoms with E-state index in [1.807, 2.05) is 10.6 Å². The van der Waals surface area contributed by atoms with Crippen LogP contribution in [-0.2, 0) is 40.2 Å². The third kappa shape index (κ3) is 59.6. The first-order valence-corrected chi connectivity index (χ1v) is 6.93. The molecule has 0 unspecified atom stereocenters. The van der Waals surface area contributed by atoms with Crippen molar-refractivity contribution in [1.29, 1.82) is 0 Å². The molecule has 2 amide bonds. The number of aliphatic carboxylic acids is 2. The fourth-order valence-corrected chi connectivity index (χ4v) is 0.486. The molecule has 0 aromatic rings. The Morgan fingerprint density at radius 2 is 0.920 bits per heavy atom. The summed E-state index contributed by atoms with van der Waals surface area (Å²) < 4.78 is 3.39. The maximum Gasteiger partial charge on any atom is 2.00 e. The average Bonchev–Trinajstić information content (AvgIpc) is 2.52. The summed E-state index contributed by atoms with van der Waals surface area (Å²) in [5, 5.41) is 23.3. The molecule has 0 bridgehead atoms. The van der Waals surface area contributed by atoms with Crippen LogP contribution in [0.3, 0.4) is 0 Å². The first-order chi connectivity index (χ1) is 11.2. The van der Waals surface area contributed by atoms with E-state index in [1.54, 1.807) is 8.71 Å². The van der Waals surface area contributed by atoms with Crippen molar-refractivity contribution >= 4 is 70.9 Å². The maximum atomic E-state index is 10.2. The Hall–Kier alpha value is -0.432. The van der Waals surface area contributed by atoms with Crippen molar-refractivity contribution in [1.82, 2.24) is 19.3 Å². The number of amides is 2. The van der Waals surface area contributed by atoms with E-state index < -0.39 is 36.8 Å². The molecule has 17 heteroatoms. The van der Waals surface area contributed by atoms with Gasteiger partial charge in [0.1, 0.15) is 0 Å². The Bertz CT molecular complexity index is 325. The van der Waals surface area contributed by atoms with Crippen molar-refractivity contribution in [2.75, 3.05) is 26.2 Å². The summed E-state index contributed by atoms with van der Waals surface area (Å²) in [6, 6.07) is 0. The van der Waals surface area contributed by atoms with Gasteiger partial charge in [-0.2, -0.15) is 0 Å². The van der Waals surface area contributed by atoms with Crippen LogP contribution in [0.2, 0.25) is 0 Å². The standard InChI is InChI=1S/2C4H8N2O3.2Cl2HN.Pt/c2*5-1-3(7)6-2-4(8)9;2*1-3-2;/h2*1-2,5H2,(H,6,7)(H,8,9);2*3H;/q;;;;+2/p-2. The van der Waals surface area contributed by atoms with E-state index in [2.05, 4.69) is 47.1 Å². The van der Waals surface area contributed by atoms with Crippen LogP contribution < -0.4 is 41.0 Å². The quantitative estimate of drug-likeness (QED) is 0.155. The maximum absolute atomic E-state index is 10.2. The van der Waals surface area contributed by atoms with Crippen molar-refractivity contribution in [2.45, 2.75) is 0 Å². The van der Waals surface area contributed by atoms with Crippen molar-refractivity contribution < 1.29 is 50.5 Å². The number of rotatable bonds is 6. The van der Waals surface area contributed by atoms with Gasteiger partial charge in [0.15, 0.2) is 0 Å². The summed E-state index contributed by atoms with van der Waals surface area (Å²) in [7, 11) is 0. The molecule has 0 aliphatic carbocycles. The zero-order valence-electron chi connectivity index (χ0n) is 12.3. The first kappa shape index (κ1) is 35.6. The molecule has 0 fully saturated rings. The third-order valence-electron chi connectivity index (χ3n) is 1.23. The Morgan fingerprint density at radius 1 is 0.720 bits per heavy atom. The van der Waals surface area contributed by atoms with Gasteiger partial charge in [0.05, 0.1) is 38.1 Å². The zero-order valence-corrected chi connectivity index (χ0v) is 17.6. The molecule has 152 valence electrons. The predicted octanol–water partition coefficient (Wildman–Crippen LogP) is -4.61. The molecule has 25 heavy (non-hydrogen) atoms. The van der Waals surface area contributed by atoms with E-state index >= 15 is 0 Å². The van der Waals surface area contributed by atoms with Crippen LogP contribution in [-0.4, -0.2) is 49.9 Å². The van der Waals surface area contributed by atoms with Gasteiger partial charge < -0.3 is 41.9 Å². The van der Waals surface area contributed by atoms with Crippen LogP contribution in [0.4, 0.5) is 0 Å². The largest absolute Gasteiger partial charge is 2.00 e. The monoisotopic (exact) mass is 627 g/mol. The summed E-state index contributed by atoms with van der Waals surface area (Å²) in [5.74, 6) is -3.65. The van der Waals surface area contributed by atoms with E-state index in [4.69, 9.17) is 11.5 Å². The number of halogens is 4. The molecule has 0 heterocycles. The number of carboxylic acids is 2. The number of carbonyl (C=O) groups excluding carboxylic acids is 4. The normalized spacial score (nSPS) is 7.60. The molecule has 0 aliphatic rings. The van der Waals surface area contributed by atoms with Gasteiger partial charge in [-0.1, -0.05) is 0 Å². The average molecular weight is 629 g/mol. The number of carboxylic acid groups (broad SMARTS) is 2. The molecule has 0 aromatic heterocycles. The van der Waals surface area contributed by atoms with E-state index in [-0.39, 0.29) is 34.2 Å². The predicted molar refractivity (Wildman–Crippen MR) is 83.8 cm³/mol. The van der Waals surface area contributed by atoms with Crippen LogP contribution in [0.5, 0.6) is 0 Å². The summed E-state index contributed by atoms with van der Waals surface area (Å²) in [6.45, 7) is -1.35. The van der Waals surface area contributed by atoms with Gasteiger partial charge in [0.2, 0.25) is 11.8 Å². The van der Waals surface area contributed by atoms with Crippen LogP contribution in [0.15, 0.2) is 0 Å². The van der Waals surface area contributed by atoms with Crippen molar-refractivity contribution in [2.24, 2.45) is 11.5 Å². The summed E-state index contributed by atoms with van der Waals surface area (Å²) in [6.07, 6.45) is 0.